The number of hydrogen-bond acceptors (Lipinski definition) is 4. The third kappa shape index (κ3) is 6.63. The van der Waals surface area contributed by atoms with Crippen LogP contribution in [0.3, 0.4) is 0 Å². The van der Waals surface area contributed by atoms with Crippen LogP contribution in [0.25, 0.3) is 0 Å². The molecule has 0 aliphatic carbocycles. The molecule has 23 heavy (non-hydrogen) atoms. The van der Waals surface area contributed by atoms with Gasteiger partial charge in [-0.25, -0.2) is 0 Å². The molecule has 0 spiro atoms. The van der Waals surface area contributed by atoms with Gasteiger partial charge in [0.1, 0.15) is 0 Å². The highest BCUT2D eigenvalue weighted by molar-refractivity contribution is 6.76. The average Bonchev–Trinajstić information content (AvgIpc) is 2.55. The highest BCUT2D eigenvalue weighted by Crippen LogP contribution is 2.17. The van der Waals surface area contributed by atoms with Crippen molar-refractivity contribution in [2.45, 2.75) is 59.3 Å². The van der Waals surface area contributed by atoms with Crippen molar-refractivity contribution < 1.29 is 13.3 Å². The van der Waals surface area contributed by atoms with Gasteiger partial charge in [-0.1, -0.05) is 58.2 Å². The Hall–Kier alpha value is -0.883. The minimum absolute atomic E-state index is 0.648. The van der Waals surface area contributed by atoms with Crippen LogP contribution in [-0.4, -0.2) is 28.6 Å². The van der Waals surface area contributed by atoms with Crippen molar-refractivity contribution in [3.05, 3.63) is 24.3 Å². The molecule has 1 rings (SSSR count). The van der Waals surface area contributed by atoms with Crippen LogP contribution in [0.15, 0.2) is 24.3 Å². The first-order chi connectivity index (χ1) is 11.2. The predicted octanol–water partition coefficient (Wildman–Crippen LogP) is 3.86. The summed E-state index contributed by atoms with van der Waals surface area (Å²) in [6, 6.07) is 7.79. The maximum Gasteiger partial charge on any atom is 0.539 e. The molecule has 132 valence electrons. The third-order valence-electron chi connectivity index (χ3n) is 3.66. The Morgan fingerprint density at radius 1 is 0.783 bits per heavy atom. The standard InChI is InChI=1S/C18H33NO3Si/c1-4-7-14-20-23(21-15-8-5-2,22-16-9-6-3)18-13-11-10-12-17(18)19/h10-13H,4-9,14-16,19H2,1-3H3. The van der Waals surface area contributed by atoms with Crippen LogP contribution in [0.5, 0.6) is 0 Å². The van der Waals surface area contributed by atoms with Gasteiger partial charge in [-0.3, -0.25) is 0 Å². The van der Waals surface area contributed by atoms with Gasteiger partial charge in [-0.05, 0) is 25.3 Å². The molecular weight excluding hydrogens is 306 g/mol. The van der Waals surface area contributed by atoms with Crippen LogP contribution in [0, 0.1) is 0 Å². The number of nitrogen functional groups attached to an aromatic ring is 1. The summed E-state index contributed by atoms with van der Waals surface area (Å²) >= 11 is 0. The van der Waals surface area contributed by atoms with Crippen LogP contribution in [0.1, 0.15) is 59.3 Å². The largest absolute Gasteiger partial charge is 0.539 e. The summed E-state index contributed by atoms with van der Waals surface area (Å²) in [7, 11) is -2.95. The highest BCUT2D eigenvalue weighted by atomic mass is 28.4. The third-order valence-corrected chi connectivity index (χ3v) is 6.53. The Bertz CT molecular complexity index is 402. The lowest BCUT2D eigenvalue weighted by Gasteiger charge is -2.31. The first-order valence-electron chi connectivity index (χ1n) is 8.97. The molecule has 0 amide bonds. The van der Waals surface area contributed by atoms with Crippen molar-refractivity contribution in [2.75, 3.05) is 25.6 Å². The first-order valence-corrected chi connectivity index (χ1v) is 10.7. The maximum absolute atomic E-state index is 6.24. The second-order valence-electron chi connectivity index (χ2n) is 5.75. The molecule has 0 heterocycles. The Kier molecular flexibility index (Phi) is 10.2. The summed E-state index contributed by atoms with van der Waals surface area (Å²) in [6.45, 7) is 8.40. The topological polar surface area (TPSA) is 53.7 Å². The Morgan fingerprint density at radius 3 is 1.61 bits per heavy atom. The number of rotatable bonds is 13. The van der Waals surface area contributed by atoms with Crippen molar-refractivity contribution in [1.82, 2.24) is 0 Å². The fourth-order valence-corrected chi connectivity index (χ4v) is 4.88. The van der Waals surface area contributed by atoms with Gasteiger partial charge in [0.15, 0.2) is 0 Å². The summed E-state index contributed by atoms with van der Waals surface area (Å²) < 4.78 is 18.7. The molecule has 1 aromatic carbocycles. The van der Waals surface area contributed by atoms with E-state index in [1.54, 1.807) is 0 Å². The number of benzene rings is 1. The molecule has 0 unspecified atom stereocenters. The molecule has 2 N–H and O–H groups in total. The first kappa shape index (κ1) is 20.2. The molecule has 4 nitrogen and oxygen atoms in total. The number of unbranched alkanes of at least 4 members (excludes halogenated alkanes) is 3. The van der Waals surface area contributed by atoms with E-state index in [9.17, 15) is 0 Å². The van der Waals surface area contributed by atoms with Crippen LogP contribution < -0.4 is 10.9 Å². The molecule has 0 saturated heterocycles. The predicted molar refractivity (Wildman–Crippen MR) is 98.8 cm³/mol. The summed E-state index contributed by atoms with van der Waals surface area (Å²) in [6.07, 6.45) is 6.23. The average molecular weight is 340 g/mol. The SMILES string of the molecule is CCCCO[Si](OCCCC)(OCCCC)c1ccccc1N. The molecule has 0 saturated carbocycles. The highest BCUT2D eigenvalue weighted by Gasteiger charge is 2.45. The molecule has 0 atom stereocenters. The minimum Gasteiger partial charge on any atom is -0.399 e. The summed E-state index contributed by atoms with van der Waals surface area (Å²) in [5.74, 6) is 0. The fraction of sp³-hybridized carbons (Fsp3) is 0.667. The van der Waals surface area contributed by atoms with E-state index >= 15 is 0 Å². The second-order valence-corrected chi connectivity index (χ2v) is 8.27. The number of anilines is 1. The monoisotopic (exact) mass is 339 g/mol. The van der Waals surface area contributed by atoms with Crippen molar-refractivity contribution in [2.24, 2.45) is 0 Å². The van der Waals surface area contributed by atoms with Gasteiger partial charge in [-0.2, -0.15) is 0 Å². The molecule has 5 heteroatoms. The van der Waals surface area contributed by atoms with E-state index in [0.29, 0.717) is 25.5 Å². The number of para-hydroxylation sites is 1. The molecule has 0 bridgehead atoms. The van der Waals surface area contributed by atoms with Gasteiger partial charge in [0.05, 0.1) is 0 Å². The van der Waals surface area contributed by atoms with E-state index in [2.05, 4.69) is 20.8 Å². The van der Waals surface area contributed by atoms with Crippen molar-refractivity contribution >= 4 is 19.7 Å². The Labute approximate surface area is 142 Å². The van der Waals surface area contributed by atoms with E-state index in [-0.39, 0.29) is 0 Å². The van der Waals surface area contributed by atoms with Crippen LogP contribution in [0.4, 0.5) is 5.69 Å². The molecule has 0 aromatic heterocycles. The van der Waals surface area contributed by atoms with Gasteiger partial charge in [0.25, 0.3) is 0 Å². The van der Waals surface area contributed by atoms with Crippen LogP contribution in [-0.2, 0) is 13.3 Å². The zero-order valence-corrected chi connectivity index (χ0v) is 16.0. The molecule has 0 fully saturated rings. The van der Waals surface area contributed by atoms with Gasteiger partial charge in [0, 0.05) is 30.7 Å². The van der Waals surface area contributed by atoms with Crippen molar-refractivity contribution in [3.8, 4) is 0 Å². The zero-order valence-electron chi connectivity index (χ0n) is 15.0. The lowest BCUT2D eigenvalue weighted by Crippen LogP contribution is -2.58. The lowest BCUT2D eigenvalue weighted by molar-refractivity contribution is 0.0702. The Balaban J connectivity index is 3.01. The summed E-state index contributed by atoms with van der Waals surface area (Å²) in [5.41, 5.74) is 6.91. The van der Waals surface area contributed by atoms with E-state index in [0.717, 1.165) is 43.7 Å². The molecular formula is C18H33NO3Si. The number of nitrogens with two attached hydrogens (primary N) is 1. The minimum atomic E-state index is -2.95. The van der Waals surface area contributed by atoms with E-state index in [1.807, 2.05) is 24.3 Å². The van der Waals surface area contributed by atoms with Gasteiger partial charge in [-0.15, -0.1) is 0 Å². The maximum atomic E-state index is 6.24. The Morgan fingerprint density at radius 2 is 1.22 bits per heavy atom. The fourth-order valence-electron chi connectivity index (χ4n) is 2.19. The van der Waals surface area contributed by atoms with Crippen molar-refractivity contribution in [3.63, 3.8) is 0 Å². The lowest BCUT2D eigenvalue weighted by atomic mass is 10.3. The van der Waals surface area contributed by atoms with Gasteiger partial charge >= 0.3 is 8.80 Å². The van der Waals surface area contributed by atoms with E-state index in [4.69, 9.17) is 19.0 Å². The van der Waals surface area contributed by atoms with E-state index < -0.39 is 8.80 Å². The molecule has 0 radical (unpaired) electrons. The molecule has 1 aromatic rings. The number of hydrogen-bond donors (Lipinski definition) is 1. The smallest absolute Gasteiger partial charge is 0.399 e. The van der Waals surface area contributed by atoms with Crippen LogP contribution >= 0.6 is 0 Å². The van der Waals surface area contributed by atoms with E-state index in [1.165, 1.54) is 0 Å². The normalized spacial score (nSPS) is 11.8. The van der Waals surface area contributed by atoms with Gasteiger partial charge < -0.3 is 19.0 Å². The molecule has 0 aliphatic rings. The second kappa shape index (κ2) is 11.6. The summed E-state index contributed by atoms with van der Waals surface area (Å²) in [4.78, 5) is 0. The van der Waals surface area contributed by atoms with Gasteiger partial charge in [0.2, 0.25) is 0 Å². The van der Waals surface area contributed by atoms with Crippen LogP contribution in [0.2, 0.25) is 0 Å². The van der Waals surface area contributed by atoms with Crippen molar-refractivity contribution in [1.29, 1.82) is 0 Å². The zero-order chi connectivity index (χ0) is 17.0. The summed E-state index contributed by atoms with van der Waals surface area (Å²) in [5, 5.41) is 0.906. The quantitative estimate of drug-likeness (QED) is 0.337. The molecule has 0 aliphatic heterocycles.